The van der Waals surface area contributed by atoms with Crippen molar-refractivity contribution in [3.05, 3.63) is 30.3 Å². The zero-order valence-corrected chi connectivity index (χ0v) is 17.3. The number of amides is 1. The average molecular weight is 372 g/mol. The molecular weight excluding hydrogens is 334 g/mol. The van der Waals surface area contributed by atoms with Crippen LogP contribution in [0.2, 0.25) is 0 Å². The molecule has 0 spiro atoms. The second-order valence-electron chi connectivity index (χ2n) is 8.95. The zero-order chi connectivity index (χ0) is 19.3. The lowest BCUT2D eigenvalue weighted by molar-refractivity contribution is -0.139. The predicted octanol–water partition coefficient (Wildman–Crippen LogP) is 4.28. The highest BCUT2D eigenvalue weighted by molar-refractivity contribution is 5.90. The number of hydrogen-bond donors (Lipinski definition) is 2. The first-order valence-electron chi connectivity index (χ1n) is 10.9. The van der Waals surface area contributed by atoms with E-state index in [9.17, 15) is 4.79 Å². The van der Waals surface area contributed by atoms with Gasteiger partial charge in [0, 0.05) is 24.8 Å². The maximum atomic E-state index is 13.7. The molecule has 2 fully saturated rings. The molecule has 0 aromatic heterocycles. The van der Waals surface area contributed by atoms with Gasteiger partial charge in [0.15, 0.2) is 0 Å². The van der Waals surface area contributed by atoms with Crippen molar-refractivity contribution in [2.75, 3.05) is 25.0 Å². The van der Waals surface area contributed by atoms with Gasteiger partial charge in [0.1, 0.15) is 5.54 Å². The lowest BCUT2D eigenvalue weighted by Gasteiger charge is -2.45. The van der Waals surface area contributed by atoms with Gasteiger partial charge in [0.25, 0.3) is 0 Å². The fourth-order valence-electron chi connectivity index (χ4n) is 4.83. The van der Waals surface area contributed by atoms with E-state index in [-0.39, 0.29) is 0 Å². The highest BCUT2D eigenvalue weighted by Gasteiger charge is 2.45. The molecule has 1 aromatic rings. The highest BCUT2D eigenvalue weighted by atomic mass is 16.2. The largest absolute Gasteiger partial charge is 0.371 e. The maximum Gasteiger partial charge on any atom is 0.248 e. The monoisotopic (exact) mass is 371 g/mol. The Balaban J connectivity index is 1.79. The van der Waals surface area contributed by atoms with Gasteiger partial charge >= 0.3 is 0 Å². The van der Waals surface area contributed by atoms with Crippen LogP contribution in [0.1, 0.15) is 59.3 Å². The first-order chi connectivity index (χ1) is 13.0. The number of para-hydroxylation sites is 1. The third kappa shape index (κ3) is 5.04. The Kier molecular flexibility index (Phi) is 6.80. The van der Waals surface area contributed by atoms with Crippen LogP contribution in [0, 0.1) is 11.8 Å². The molecule has 2 aliphatic rings. The minimum Gasteiger partial charge on any atom is -0.371 e. The summed E-state index contributed by atoms with van der Waals surface area (Å²) >= 11 is 0. The zero-order valence-electron chi connectivity index (χ0n) is 17.3. The van der Waals surface area contributed by atoms with Gasteiger partial charge in [-0.05, 0) is 62.6 Å². The van der Waals surface area contributed by atoms with Crippen LogP contribution in [-0.4, -0.2) is 42.0 Å². The molecule has 2 aliphatic heterocycles. The number of hydrogen-bond acceptors (Lipinski definition) is 3. The molecule has 2 atom stereocenters. The van der Waals surface area contributed by atoms with Crippen molar-refractivity contribution >= 4 is 11.6 Å². The van der Waals surface area contributed by atoms with Crippen molar-refractivity contribution in [1.82, 2.24) is 10.2 Å². The van der Waals surface area contributed by atoms with Gasteiger partial charge in [-0.15, -0.1) is 0 Å². The lowest BCUT2D eigenvalue weighted by Crippen LogP contribution is -2.62. The summed E-state index contributed by atoms with van der Waals surface area (Å²) in [6, 6.07) is 10.7. The van der Waals surface area contributed by atoms with E-state index in [4.69, 9.17) is 0 Å². The number of anilines is 1. The Bertz CT molecular complexity index is 595. The second-order valence-corrected chi connectivity index (χ2v) is 8.95. The molecule has 4 nitrogen and oxygen atoms in total. The summed E-state index contributed by atoms with van der Waals surface area (Å²) in [4.78, 5) is 15.9. The summed E-state index contributed by atoms with van der Waals surface area (Å²) in [6.07, 6.45) is 6.36. The quantitative estimate of drug-likeness (QED) is 0.784. The summed E-state index contributed by atoms with van der Waals surface area (Å²) in [7, 11) is 0. The van der Waals surface area contributed by atoms with Crippen molar-refractivity contribution in [1.29, 1.82) is 0 Å². The van der Waals surface area contributed by atoms with Crippen molar-refractivity contribution < 1.29 is 4.79 Å². The first-order valence-corrected chi connectivity index (χ1v) is 10.9. The van der Waals surface area contributed by atoms with E-state index in [1.165, 1.54) is 6.42 Å². The SMILES string of the molecule is CCC1CCN(C(=O)C2(Nc3ccccc3)CCNC(CC(C)C)C2)CC1. The third-order valence-corrected chi connectivity index (χ3v) is 6.38. The van der Waals surface area contributed by atoms with Gasteiger partial charge in [-0.3, -0.25) is 4.79 Å². The molecular formula is C23H37N3O. The van der Waals surface area contributed by atoms with Crippen LogP contribution in [-0.2, 0) is 4.79 Å². The van der Waals surface area contributed by atoms with Crippen molar-refractivity contribution in [2.24, 2.45) is 11.8 Å². The number of likely N-dealkylation sites (tertiary alicyclic amines) is 1. The molecule has 2 N–H and O–H groups in total. The Morgan fingerprint density at radius 2 is 1.96 bits per heavy atom. The highest BCUT2D eigenvalue weighted by Crippen LogP contribution is 2.32. The molecule has 0 bridgehead atoms. The van der Waals surface area contributed by atoms with Crippen LogP contribution in [0.5, 0.6) is 0 Å². The Hall–Kier alpha value is -1.55. The standard InChI is InChI=1S/C23H37N3O/c1-4-19-10-14-26(15-11-19)22(27)23(25-20-8-6-5-7-9-20)12-13-24-21(17-23)16-18(2)3/h5-9,18-19,21,24-25H,4,10-17H2,1-3H3. The maximum absolute atomic E-state index is 13.7. The number of benzene rings is 1. The average Bonchev–Trinajstić information content (AvgIpc) is 2.68. The van der Waals surface area contributed by atoms with Crippen LogP contribution in [0.15, 0.2) is 30.3 Å². The molecule has 1 amide bonds. The molecule has 1 aromatic carbocycles. The van der Waals surface area contributed by atoms with Crippen LogP contribution in [0.3, 0.4) is 0 Å². The number of carbonyl (C=O) groups excluding carboxylic acids is 1. The topological polar surface area (TPSA) is 44.4 Å². The fraction of sp³-hybridized carbons (Fsp3) is 0.696. The molecule has 0 radical (unpaired) electrons. The fourth-order valence-corrected chi connectivity index (χ4v) is 4.83. The Morgan fingerprint density at radius 1 is 1.26 bits per heavy atom. The molecule has 27 heavy (non-hydrogen) atoms. The van der Waals surface area contributed by atoms with Gasteiger partial charge in [0.2, 0.25) is 5.91 Å². The molecule has 4 heteroatoms. The normalized spacial score (nSPS) is 27.0. The van der Waals surface area contributed by atoms with Crippen LogP contribution >= 0.6 is 0 Å². The second kappa shape index (κ2) is 9.09. The summed E-state index contributed by atoms with van der Waals surface area (Å²) in [6.45, 7) is 9.52. The van der Waals surface area contributed by atoms with Gasteiger partial charge < -0.3 is 15.5 Å². The summed E-state index contributed by atoms with van der Waals surface area (Å²) in [5.41, 5.74) is 0.574. The van der Waals surface area contributed by atoms with Crippen LogP contribution in [0.4, 0.5) is 5.69 Å². The van der Waals surface area contributed by atoms with E-state index in [2.05, 4.69) is 48.4 Å². The molecule has 2 saturated heterocycles. The van der Waals surface area contributed by atoms with Gasteiger partial charge in [-0.2, -0.15) is 0 Å². The molecule has 2 unspecified atom stereocenters. The van der Waals surface area contributed by atoms with Crippen LogP contribution in [0.25, 0.3) is 0 Å². The lowest BCUT2D eigenvalue weighted by atomic mass is 9.79. The first kappa shape index (κ1) is 20.2. The molecule has 3 rings (SSSR count). The van der Waals surface area contributed by atoms with Gasteiger partial charge in [-0.1, -0.05) is 45.4 Å². The van der Waals surface area contributed by atoms with Crippen LogP contribution < -0.4 is 10.6 Å². The van der Waals surface area contributed by atoms with E-state index < -0.39 is 5.54 Å². The van der Waals surface area contributed by atoms with Crippen molar-refractivity contribution in [2.45, 2.75) is 70.9 Å². The summed E-state index contributed by atoms with van der Waals surface area (Å²) < 4.78 is 0. The van der Waals surface area contributed by atoms with Gasteiger partial charge in [0.05, 0.1) is 0 Å². The predicted molar refractivity (Wildman–Crippen MR) is 113 cm³/mol. The van der Waals surface area contributed by atoms with Crippen molar-refractivity contribution in [3.63, 3.8) is 0 Å². The van der Waals surface area contributed by atoms with Gasteiger partial charge in [-0.25, -0.2) is 0 Å². The molecule has 0 saturated carbocycles. The van der Waals surface area contributed by atoms with E-state index in [0.717, 1.165) is 63.3 Å². The number of rotatable bonds is 6. The van der Waals surface area contributed by atoms with E-state index >= 15 is 0 Å². The van der Waals surface area contributed by atoms with Crippen molar-refractivity contribution in [3.8, 4) is 0 Å². The Morgan fingerprint density at radius 3 is 2.59 bits per heavy atom. The van der Waals surface area contributed by atoms with E-state index in [1.807, 2.05) is 18.2 Å². The molecule has 0 aliphatic carbocycles. The smallest absolute Gasteiger partial charge is 0.248 e. The third-order valence-electron chi connectivity index (χ3n) is 6.38. The molecule has 2 heterocycles. The van der Waals surface area contributed by atoms with E-state index in [0.29, 0.717) is 17.9 Å². The minimum absolute atomic E-state index is 0.316. The van der Waals surface area contributed by atoms with E-state index in [1.54, 1.807) is 0 Å². The number of nitrogens with one attached hydrogen (secondary N) is 2. The Labute approximate surface area is 165 Å². The minimum atomic E-state index is -0.481. The molecule has 150 valence electrons. The summed E-state index contributed by atoms with van der Waals surface area (Å²) in [5, 5.41) is 7.34. The number of carbonyl (C=O) groups is 1. The number of piperidine rings is 2. The summed E-state index contributed by atoms with van der Waals surface area (Å²) in [5.74, 6) is 1.73. The number of nitrogens with zero attached hydrogens (tertiary/aromatic N) is 1.